The smallest absolute Gasteiger partial charge is 0.224 e. The summed E-state index contributed by atoms with van der Waals surface area (Å²) in [6.07, 6.45) is -1.70. The summed E-state index contributed by atoms with van der Waals surface area (Å²) in [6.45, 7) is 1.01. The average molecular weight is 310 g/mol. The Hall–Kier alpha value is -2.01. The number of fused-ring (bicyclic) bond motifs is 1. The van der Waals surface area contributed by atoms with Gasteiger partial charge in [-0.2, -0.15) is 9.97 Å². The molecule has 22 heavy (non-hydrogen) atoms. The number of aliphatic hydroxyl groups excluding tert-OH is 2. The Morgan fingerprint density at radius 3 is 2.82 bits per heavy atom. The second kappa shape index (κ2) is 5.02. The van der Waals surface area contributed by atoms with Crippen molar-refractivity contribution in [2.75, 3.05) is 24.7 Å². The van der Waals surface area contributed by atoms with Crippen molar-refractivity contribution in [1.29, 1.82) is 0 Å². The van der Waals surface area contributed by atoms with Crippen LogP contribution in [0.25, 0.3) is 11.2 Å². The SMILES string of the molecule is CNc1nc(N)nc2c1ncn2C1O[C@H](CO)[C@@H](O)[C@@]1(C)O. The van der Waals surface area contributed by atoms with Crippen molar-refractivity contribution in [3.05, 3.63) is 6.33 Å². The molecule has 10 heteroatoms. The molecular weight excluding hydrogens is 292 g/mol. The van der Waals surface area contributed by atoms with Gasteiger partial charge in [-0.3, -0.25) is 4.57 Å². The Bertz CT molecular complexity index is 702. The first-order valence-corrected chi connectivity index (χ1v) is 6.74. The van der Waals surface area contributed by atoms with Gasteiger partial charge in [-0.15, -0.1) is 0 Å². The number of aromatic nitrogens is 4. The Kier molecular flexibility index (Phi) is 3.40. The predicted molar refractivity (Wildman–Crippen MR) is 76.9 cm³/mol. The molecule has 0 spiro atoms. The lowest BCUT2D eigenvalue weighted by Crippen LogP contribution is -2.44. The molecule has 0 radical (unpaired) electrons. The van der Waals surface area contributed by atoms with Gasteiger partial charge in [0, 0.05) is 7.05 Å². The van der Waals surface area contributed by atoms with Crippen LogP contribution in [0, 0.1) is 0 Å². The molecule has 1 unspecified atom stereocenters. The molecule has 0 saturated carbocycles. The summed E-state index contributed by atoms with van der Waals surface area (Å²) in [5.74, 6) is 0.480. The maximum absolute atomic E-state index is 10.5. The quantitative estimate of drug-likeness (QED) is 0.453. The minimum atomic E-state index is -1.62. The molecule has 0 aromatic carbocycles. The van der Waals surface area contributed by atoms with Crippen LogP contribution >= 0.6 is 0 Å². The van der Waals surface area contributed by atoms with Gasteiger partial charge in [0.25, 0.3) is 0 Å². The first kappa shape index (κ1) is 14.9. The van der Waals surface area contributed by atoms with Gasteiger partial charge in [0.2, 0.25) is 5.95 Å². The molecular formula is C12H18N6O4. The van der Waals surface area contributed by atoms with Crippen LogP contribution in [0.1, 0.15) is 13.2 Å². The first-order valence-electron chi connectivity index (χ1n) is 6.74. The van der Waals surface area contributed by atoms with Gasteiger partial charge in [0.1, 0.15) is 17.8 Å². The Labute approximate surface area is 125 Å². The summed E-state index contributed by atoms with van der Waals surface area (Å²) in [7, 11) is 1.67. The summed E-state index contributed by atoms with van der Waals surface area (Å²) >= 11 is 0. The largest absolute Gasteiger partial charge is 0.394 e. The fraction of sp³-hybridized carbons (Fsp3) is 0.583. The molecule has 1 aliphatic rings. The number of hydrogen-bond donors (Lipinski definition) is 5. The van der Waals surface area contributed by atoms with Gasteiger partial charge in [-0.05, 0) is 6.92 Å². The third-order valence-corrected chi connectivity index (χ3v) is 3.86. The average Bonchev–Trinajstić information content (AvgIpc) is 2.98. The highest BCUT2D eigenvalue weighted by atomic mass is 16.6. The molecule has 2 aromatic heterocycles. The van der Waals surface area contributed by atoms with E-state index in [2.05, 4.69) is 20.3 Å². The highest BCUT2D eigenvalue weighted by Crippen LogP contribution is 2.39. The van der Waals surface area contributed by atoms with E-state index in [4.69, 9.17) is 10.5 Å². The second-order valence-corrected chi connectivity index (χ2v) is 5.38. The molecule has 3 heterocycles. The van der Waals surface area contributed by atoms with Crippen LogP contribution in [0.2, 0.25) is 0 Å². The van der Waals surface area contributed by atoms with Crippen LogP contribution in [0.5, 0.6) is 0 Å². The number of nitrogen functional groups attached to an aromatic ring is 1. The molecule has 1 saturated heterocycles. The summed E-state index contributed by atoms with van der Waals surface area (Å²) in [4.78, 5) is 12.4. The number of rotatable bonds is 3. The summed E-state index contributed by atoms with van der Waals surface area (Å²) < 4.78 is 7.02. The number of imidazole rings is 1. The molecule has 1 aliphatic heterocycles. The van der Waals surface area contributed by atoms with E-state index in [1.54, 1.807) is 7.05 Å². The van der Waals surface area contributed by atoms with Crippen molar-refractivity contribution >= 4 is 22.9 Å². The highest BCUT2D eigenvalue weighted by molar-refractivity contribution is 5.84. The van der Waals surface area contributed by atoms with E-state index in [0.29, 0.717) is 17.0 Å². The molecule has 2 aromatic rings. The molecule has 0 amide bonds. The number of aliphatic hydroxyl groups is 3. The normalized spacial score (nSPS) is 31.8. The lowest BCUT2D eigenvalue weighted by atomic mass is 9.96. The van der Waals surface area contributed by atoms with Crippen LogP contribution < -0.4 is 11.1 Å². The molecule has 120 valence electrons. The predicted octanol–water partition coefficient (Wildman–Crippen LogP) is -1.55. The van der Waals surface area contributed by atoms with Crippen LogP contribution in [0.4, 0.5) is 11.8 Å². The summed E-state index contributed by atoms with van der Waals surface area (Å²) in [5, 5.41) is 32.7. The van der Waals surface area contributed by atoms with E-state index in [1.165, 1.54) is 17.8 Å². The lowest BCUT2D eigenvalue weighted by molar-refractivity contribution is -0.0950. The summed E-state index contributed by atoms with van der Waals surface area (Å²) in [6, 6.07) is 0. The number of hydrogen-bond acceptors (Lipinski definition) is 9. The van der Waals surface area contributed by atoms with Gasteiger partial charge >= 0.3 is 0 Å². The minimum Gasteiger partial charge on any atom is -0.394 e. The van der Waals surface area contributed by atoms with Crippen molar-refractivity contribution in [1.82, 2.24) is 19.5 Å². The first-order chi connectivity index (χ1) is 10.4. The van der Waals surface area contributed by atoms with E-state index < -0.39 is 30.6 Å². The maximum Gasteiger partial charge on any atom is 0.224 e. The zero-order valence-corrected chi connectivity index (χ0v) is 12.1. The number of ether oxygens (including phenoxy) is 1. The fourth-order valence-electron chi connectivity index (χ4n) is 2.67. The van der Waals surface area contributed by atoms with Crippen LogP contribution in [0.3, 0.4) is 0 Å². The zero-order valence-electron chi connectivity index (χ0n) is 12.1. The molecule has 10 nitrogen and oxygen atoms in total. The van der Waals surface area contributed by atoms with Crippen LogP contribution in [-0.2, 0) is 4.74 Å². The number of nitrogens with two attached hydrogens (primary N) is 1. The van der Waals surface area contributed by atoms with E-state index in [-0.39, 0.29) is 5.95 Å². The van der Waals surface area contributed by atoms with Crippen molar-refractivity contribution in [3.63, 3.8) is 0 Å². The second-order valence-electron chi connectivity index (χ2n) is 5.38. The number of nitrogens with zero attached hydrogens (tertiary/aromatic N) is 4. The van der Waals surface area contributed by atoms with E-state index in [1.807, 2.05) is 0 Å². The van der Waals surface area contributed by atoms with Gasteiger partial charge in [-0.1, -0.05) is 0 Å². The molecule has 0 bridgehead atoms. The van der Waals surface area contributed by atoms with Crippen molar-refractivity contribution in [2.24, 2.45) is 0 Å². The molecule has 1 fully saturated rings. The summed E-state index contributed by atoms with van der Waals surface area (Å²) in [5.41, 5.74) is 4.87. The Morgan fingerprint density at radius 1 is 1.50 bits per heavy atom. The molecule has 0 aliphatic carbocycles. The van der Waals surface area contributed by atoms with Crippen molar-refractivity contribution in [2.45, 2.75) is 31.0 Å². The third kappa shape index (κ3) is 2.00. The fourth-order valence-corrected chi connectivity index (χ4v) is 2.67. The monoisotopic (exact) mass is 310 g/mol. The van der Waals surface area contributed by atoms with Crippen molar-refractivity contribution < 1.29 is 20.1 Å². The van der Waals surface area contributed by atoms with Gasteiger partial charge in [-0.25, -0.2) is 4.98 Å². The molecule has 3 rings (SSSR count). The van der Waals surface area contributed by atoms with Gasteiger partial charge < -0.3 is 31.1 Å². The van der Waals surface area contributed by atoms with Crippen LogP contribution in [-0.4, -0.2) is 66.3 Å². The zero-order chi connectivity index (χ0) is 16.1. The van der Waals surface area contributed by atoms with Gasteiger partial charge in [0.15, 0.2) is 23.2 Å². The van der Waals surface area contributed by atoms with Crippen molar-refractivity contribution in [3.8, 4) is 0 Å². The Balaban J connectivity index is 2.13. The van der Waals surface area contributed by atoms with Gasteiger partial charge in [0.05, 0.1) is 12.9 Å². The lowest BCUT2D eigenvalue weighted by Gasteiger charge is -2.27. The minimum absolute atomic E-state index is 0.0375. The van der Waals surface area contributed by atoms with Crippen LogP contribution in [0.15, 0.2) is 6.33 Å². The number of anilines is 2. The Morgan fingerprint density at radius 2 is 2.23 bits per heavy atom. The van der Waals surface area contributed by atoms with E-state index >= 15 is 0 Å². The third-order valence-electron chi connectivity index (χ3n) is 3.86. The molecule has 6 N–H and O–H groups in total. The topological polar surface area (TPSA) is 152 Å². The number of nitrogens with one attached hydrogen (secondary N) is 1. The maximum atomic E-state index is 10.5. The van der Waals surface area contributed by atoms with E-state index in [0.717, 1.165) is 0 Å². The molecule has 4 atom stereocenters. The highest BCUT2D eigenvalue weighted by Gasteiger charge is 2.53. The van der Waals surface area contributed by atoms with E-state index in [9.17, 15) is 15.3 Å². The standard InChI is InChI=1S/C12H18N6O4/c1-12(21)7(20)5(3-19)22-10(12)18-4-15-6-8(14-2)16-11(13)17-9(6)18/h4-5,7,10,19-21H,3H2,1-2H3,(H3,13,14,16,17)/t5-,7-,10?,12-/m1/s1.